The van der Waals surface area contributed by atoms with E-state index in [1.807, 2.05) is 18.2 Å². The first-order chi connectivity index (χ1) is 5.83. The van der Waals surface area contributed by atoms with Gasteiger partial charge in [0.2, 0.25) is 0 Å². The highest BCUT2D eigenvalue weighted by Crippen LogP contribution is 2.35. The van der Waals surface area contributed by atoms with Crippen molar-refractivity contribution in [3.8, 4) is 5.75 Å². The molecule has 0 aliphatic carbocycles. The van der Waals surface area contributed by atoms with Crippen LogP contribution in [-0.2, 0) is 0 Å². The number of hydrogen-bond acceptors (Lipinski definition) is 2. The largest absolute Gasteiger partial charge is 0.469 e. The van der Waals surface area contributed by atoms with Gasteiger partial charge in [0.15, 0.2) is 6.23 Å². The van der Waals surface area contributed by atoms with E-state index >= 15 is 0 Å². The molecule has 1 aliphatic rings. The van der Waals surface area contributed by atoms with Crippen LogP contribution in [0.1, 0.15) is 13.8 Å². The van der Waals surface area contributed by atoms with Gasteiger partial charge in [0.05, 0.1) is 5.69 Å². The molecule has 0 bridgehead atoms. The Morgan fingerprint density at radius 3 is 2.77 bits per heavy atom. The lowest BCUT2D eigenvalue weighted by Gasteiger charge is -2.19. The van der Waals surface area contributed by atoms with Crippen LogP contribution in [-0.4, -0.2) is 12.8 Å². The van der Waals surface area contributed by atoms with Crippen LogP contribution in [0.4, 0.5) is 5.69 Å². The maximum atomic E-state index is 5.64. The molecule has 0 amide bonds. The second kappa shape index (κ2) is 4.17. The number of nitrogens with zero attached hydrogens (tertiary/aromatic N) is 1. The average molecular weight is 291 g/mol. The Hall–Kier alpha value is -0.450. The molecule has 0 fully saturated rings. The summed E-state index contributed by atoms with van der Waals surface area (Å²) in [5.74, 6) is 1.01. The smallest absolute Gasteiger partial charge is 0.169 e. The summed E-state index contributed by atoms with van der Waals surface area (Å²) in [6.45, 7) is 5.21. The van der Waals surface area contributed by atoms with Gasteiger partial charge < -0.3 is 9.64 Å². The summed E-state index contributed by atoms with van der Waals surface area (Å²) in [5, 5.41) is 0. The summed E-state index contributed by atoms with van der Waals surface area (Å²) in [6.07, 6.45) is 0.187. The maximum absolute atomic E-state index is 5.64. The summed E-state index contributed by atoms with van der Waals surface area (Å²) in [6, 6.07) is 8.16. The lowest BCUT2D eigenvalue weighted by atomic mass is 10.3. The Balaban J connectivity index is 0.000000845. The molecule has 0 spiro atoms. The molecule has 2 rings (SSSR count). The first-order valence-corrected chi connectivity index (χ1v) is 4.35. The molecule has 1 heterocycles. The Morgan fingerprint density at radius 2 is 2.08 bits per heavy atom. The topological polar surface area (TPSA) is 12.5 Å². The van der Waals surface area contributed by atoms with Gasteiger partial charge in [0.1, 0.15) is 5.75 Å². The molecule has 0 N–H and O–H groups in total. The number of anilines is 1. The standard InChI is InChI=1S/C10H13NO.HI/c1-3-11-8(2)12-10-7-5-4-6-9(10)11;/h4-8H,3H2,1-2H3;1H. The van der Waals surface area contributed by atoms with Gasteiger partial charge in [-0.3, -0.25) is 0 Å². The average Bonchev–Trinajstić information content (AvgIpc) is 2.40. The first kappa shape index (κ1) is 10.6. The van der Waals surface area contributed by atoms with E-state index in [2.05, 4.69) is 24.8 Å². The van der Waals surface area contributed by atoms with E-state index in [9.17, 15) is 0 Å². The number of ether oxygens (including phenoxy) is 1. The number of halogens is 1. The molecule has 1 unspecified atom stereocenters. The minimum atomic E-state index is 0. The number of para-hydroxylation sites is 2. The molecule has 1 aromatic carbocycles. The lowest BCUT2D eigenvalue weighted by molar-refractivity contribution is 0.246. The number of benzene rings is 1. The van der Waals surface area contributed by atoms with Crippen molar-refractivity contribution >= 4 is 29.7 Å². The van der Waals surface area contributed by atoms with Crippen molar-refractivity contribution in [2.75, 3.05) is 11.4 Å². The van der Waals surface area contributed by atoms with Gasteiger partial charge >= 0.3 is 0 Å². The van der Waals surface area contributed by atoms with E-state index in [-0.39, 0.29) is 30.2 Å². The van der Waals surface area contributed by atoms with Gasteiger partial charge in [-0.1, -0.05) is 12.1 Å². The van der Waals surface area contributed by atoms with E-state index in [1.54, 1.807) is 0 Å². The summed E-state index contributed by atoms with van der Waals surface area (Å²) in [4.78, 5) is 2.25. The highest BCUT2D eigenvalue weighted by Gasteiger charge is 2.24. The van der Waals surface area contributed by atoms with E-state index in [1.165, 1.54) is 5.69 Å². The maximum Gasteiger partial charge on any atom is 0.169 e. The Kier molecular flexibility index (Phi) is 3.41. The molecule has 2 nitrogen and oxygen atoms in total. The molecule has 0 aromatic heterocycles. The quantitative estimate of drug-likeness (QED) is 0.738. The van der Waals surface area contributed by atoms with E-state index < -0.39 is 0 Å². The van der Waals surface area contributed by atoms with Crippen molar-refractivity contribution in [1.82, 2.24) is 0 Å². The fraction of sp³-hybridized carbons (Fsp3) is 0.400. The van der Waals surface area contributed by atoms with Gasteiger partial charge in [-0.2, -0.15) is 0 Å². The Morgan fingerprint density at radius 1 is 1.38 bits per heavy atom. The van der Waals surface area contributed by atoms with Crippen molar-refractivity contribution in [2.45, 2.75) is 20.1 Å². The van der Waals surface area contributed by atoms with Crippen LogP contribution >= 0.6 is 24.0 Å². The van der Waals surface area contributed by atoms with Crippen molar-refractivity contribution in [3.05, 3.63) is 24.3 Å². The van der Waals surface area contributed by atoms with Crippen LogP contribution in [0.3, 0.4) is 0 Å². The minimum Gasteiger partial charge on any atom is -0.469 e. The van der Waals surface area contributed by atoms with Crippen molar-refractivity contribution in [1.29, 1.82) is 0 Å². The molecule has 1 atom stereocenters. The molecule has 1 aromatic rings. The van der Waals surface area contributed by atoms with Crippen molar-refractivity contribution in [2.24, 2.45) is 0 Å². The zero-order valence-corrected chi connectivity index (χ0v) is 10.2. The number of rotatable bonds is 1. The highest BCUT2D eigenvalue weighted by atomic mass is 127. The highest BCUT2D eigenvalue weighted by molar-refractivity contribution is 14.0. The van der Waals surface area contributed by atoms with E-state index in [0.29, 0.717) is 0 Å². The third kappa shape index (κ3) is 1.75. The lowest BCUT2D eigenvalue weighted by Crippen LogP contribution is -2.31. The third-order valence-corrected chi connectivity index (χ3v) is 2.25. The molecular weight excluding hydrogens is 277 g/mol. The van der Waals surface area contributed by atoms with Crippen molar-refractivity contribution in [3.63, 3.8) is 0 Å². The van der Waals surface area contributed by atoms with Crippen LogP contribution < -0.4 is 9.64 Å². The number of hydrogen-bond donors (Lipinski definition) is 0. The predicted octanol–water partition coefficient (Wildman–Crippen LogP) is 2.87. The zero-order chi connectivity index (χ0) is 8.55. The molecule has 72 valence electrons. The fourth-order valence-electron chi connectivity index (χ4n) is 1.66. The van der Waals surface area contributed by atoms with E-state index in [4.69, 9.17) is 4.74 Å². The molecule has 0 saturated heterocycles. The summed E-state index contributed by atoms with van der Waals surface area (Å²) < 4.78 is 5.64. The predicted molar refractivity (Wildman–Crippen MR) is 65.0 cm³/mol. The van der Waals surface area contributed by atoms with Crippen molar-refractivity contribution < 1.29 is 4.74 Å². The Bertz CT molecular complexity index is 290. The molecule has 0 saturated carbocycles. The molecule has 0 radical (unpaired) electrons. The molecule has 3 heteroatoms. The van der Waals surface area contributed by atoms with Gasteiger partial charge in [-0.05, 0) is 26.0 Å². The first-order valence-electron chi connectivity index (χ1n) is 4.35. The SMILES string of the molecule is CCN1c2ccccc2OC1C.I. The Labute approximate surface area is 95.9 Å². The van der Waals surface area contributed by atoms with Crippen LogP contribution in [0.25, 0.3) is 0 Å². The molecule has 13 heavy (non-hydrogen) atoms. The van der Waals surface area contributed by atoms with Gasteiger partial charge in [0.25, 0.3) is 0 Å². The normalized spacial score (nSPS) is 18.9. The number of fused-ring (bicyclic) bond motifs is 1. The molecular formula is C10H14INO. The third-order valence-electron chi connectivity index (χ3n) is 2.25. The zero-order valence-electron chi connectivity index (χ0n) is 7.86. The van der Waals surface area contributed by atoms with E-state index in [0.717, 1.165) is 12.3 Å². The second-order valence-corrected chi connectivity index (χ2v) is 2.97. The second-order valence-electron chi connectivity index (χ2n) is 2.97. The minimum absolute atomic E-state index is 0. The fourth-order valence-corrected chi connectivity index (χ4v) is 1.66. The monoisotopic (exact) mass is 291 g/mol. The van der Waals surface area contributed by atoms with Crippen LogP contribution in [0, 0.1) is 0 Å². The summed E-state index contributed by atoms with van der Waals surface area (Å²) in [5.41, 5.74) is 1.22. The van der Waals surface area contributed by atoms with Crippen LogP contribution in [0.2, 0.25) is 0 Å². The van der Waals surface area contributed by atoms with Gasteiger partial charge in [-0.25, -0.2) is 0 Å². The van der Waals surface area contributed by atoms with Crippen LogP contribution in [0.5, 0.6) is 5.75 Å². The molecule has 1 aliphatic heterocycles. The summed E-state index contributed by atoms with van der Waals surface area (Å²) in [7, 11) is 0. The van der Waals surface area contributed by atoms with Crippen LogP contribution in [0.15, 0.2) is 24.3 Å². The van der Waals surface area contributed by atoms with Gasteiger partial charge in [-0.15, -0.1) is 24.0 Å². The summed E-state index contributed by atoms with van der Waals surface area (Å²) >= 11 is 0. The van der Waals surface area contributed by atoms with Gasteiger partial charge in [0, 0.05) is 6.54 Å².